The molecule has 0 amide bonds. The van der Waals surface area contributed by atoms with Gasteiger partial charge < -0.3 is 4.74 Å². The molecule has 0 aliphatic carbocycles. The molecule has 0 aliphatic heterocycles. The van der Waals surface area contributed by atoms with Gasteiger partial charge in [0.05, 0.1) is 17.1 Å². The number of rotatable bonds is 4. The Balaban J connectivity index is 2.88. The Hall–Kier alpha value is -2.24. The van der Waals surface area contributed by atoms with Gasteiger partial charge in [-0.3, -0.25) is 15.1 Å². The second-order valence-corrected chi connectivity index (χ2v) is 2.78. The summed E-state index contributed by atoms with van der Waals surface area (Å²) in [5.74, 6) is -0.534. The van der Waals surface area contributed by atoms with E-state index in [2.05, 4.69) is 9.72 Å². The van der Waals surface area contributed by atoms with Gasteiger partial charge in [0.25, 0.3) is 5.69 Å². The van der Waals surface area contributed by atoms with Crippen molar-refractivity contribution in [3.8, 4) is 0 Å². The summed E-state index contributed by atoms with van der Waals surface area (Å²) in [4.78, 5) is 24.7. The second-order valence-electron chi connectivity index (χ2n) is 2.78. The lowest BCUT2D eigenvalue weighted by Gasteiger charge is -1.96. The lowest BCUT2D eigenvalue weighted by molar-refractivity contribution is -0.385. The average molecular weight is 222 g/mol. The summed E-state index contributed by atoms with van der Waals surface area (Å²) < 4.78 is 4.65. The normalized spacial score (nSPS) is 10.3. The first-order chi connectivity index (χ1) is 7.65. The van der Waals surface area contributed by atoms with Crippen LogP contribution in [0.1, 0.15) is 12.5 Å². The van der Waals surface area contributed by atoms with Gasteiger partial charge in [0.2, 0.25) is 0 Å². The van der Waals surface area contributed by atoms with E-state index < -0.39 is 10.9 Å². The summed E-state index contributed by atoms with van der Waals surface area (Å²) in [5, 5.41) is 10.6. The van der Waals surface area contributed by atoms with Crippen LogP contribution in [0.25, 0.3) is 6.08 Å². The van der Waals surface area contributed by atoms with Crippen LogP contribution in [0, 0.1) is 10.1 Å². The molecule has 0 radical (unpaired) electrons. The molecule has 0 saturated carbocycles. The molecule has 0 unspecified atom stereocenters. The molecule has 1 heterocycles. The summed E-state index contributed by atoms with van der Waals surface area (Å²) >= 11 is 0. The van der Waals surface area contributed by atoms with Crippen molar-refractivity contribution in [3.05, 3.63) is 40.2 Å². The number of pyridine rings is 1. The first kappa shape index (κ1) is 11.8. The molecule has 0 fully saturated rings. The molecule has 0 bridgehead atoms. The highest BCUT2D eigenvalue weighted by atomic mass is 16.6. The zero-order chi connectivity index (χ0) is 12.0. The lowest BCUT2D eigenvalue weighted by atomic mass is 10.2. The van der Waals surface area contributed by atoms with E-state index in [0.717, 1.165) is 12.3 Å². The highest BCUT2D eigenvalue weighted by Gasteiger charge is 2.10. The first-order valence-corrected chi connectivity index (χ1v) is 4.58. The number of carbonyl (C=O) groups is 1. The molecule has 0 aromatic carbocycles. The van der Waals surface area contributed by atoms with Crippen LogP contribution in [0.3, 0.4) is 0 Å². The first-order valence-electron chi connectivity index (χ1n) is 4.58. The van der Waals surface area contributed by atoms with Crippen molar-refractivity contribution >= 4 is 17.7 Å². The van der Waals surface area contributed by atoms with Gasteiger partial charge in [0, 0.05) is 12.3 Å². The Labute approximate surface area is 91.7 Å². The number of nitro groups is 1. The number of carbonyl (C=O) groups excluding carboxylic acids is 1. The Kier molecular flexibility index (Phi) is 4.14. The number of hydrogen-bond acceptors (Lipinski definition) is 5. The highest BCUT2D eigenvalue weighted by Crippen LogP contribution is 2.17. The van der Waals surface area contributed by atoms with Gasteiger partial charge in [-0.05, 0) is 19.1 Å². The molecule has 0 saturated heterocycles. The Morgan fingerprint density at radius 3 is 3.06 bits per heavy atom. The largest absolute Gasteiger partial charge is 0.463 e. The number of hydrogen-bond donors (Lipinski definition) is 0. The molecule has 1 aromatic heterocycles. The van der Waals surface area contributed by atoms with Gasteiger partial charge in [-0.2, -0.15) is 0 Å². The van der Waals surface area contributed by atoms with E-state index in [1.165, 1.54) is 18.3 Å². The number of aromatic nitrogens is 1. The van der Waals surface area contributed by atoms with Gasteiger partial charge in [-0.25, -0.2) is 4.79 Å². The van der Waals surface area contributed by atoms with Crippen molar-refractivity contribution in [1.29, 1.82) is 0 Å². The van der Waals surface area contributed by atoms with Gasteiger partial charge in [0.1, 0.15) is 6.20 Å². The molecule has 1 aromatic rings. The molecule has 6 nitrogen and oxygen atoms in total. The third kappa shape index (κ3) is 3.16. The SMILES string of the molecule is CCOC(=O)/C=C/c1ccncc1[N+](=O)[O-]. The fourth-order valence-electron chi connectivity index (χ4n) is 1.04. The molecular weight excluding hydrogens is 212 g/mol. The van der Waals surface area contributed by atoms with E-state index in [1.807, 2.05) is 0 Å². The number of ether oxygens (including phenoxy) is 1. The van der Waals surface area contributed by atoms with Crippen molar-refractivity contribution < 1.29 is 14.5 Å². The van der Waals surface area contributed by atoms with Crippen molar-refractivity contribution in [2.75, 3.05) is 6.61 Å². The monoisotopic (exact) mass is 222 g/mol. The Morgan fingerprint density at radius 2 is 2.44 bits per heavy atom. The summed E-state index contributed by atoms with van der Waals surface area (Å²) in [5.41, 5.74) is 0.163. The third-order valence-electron chi connectivity index (χ3n) is 1.72. The molecule has 1 rings (SSSR count). The van der Waals surface area contributed by atoms with E-state index in [1.54, 1.807) is 6.92 Å². The molecule has 16 heavy (non-hydrogen) atoms. The van der Waals surface area contributed by atoms with Crippen molar-refractivity contribution in [2.45, 2.75) is 6.92 Å². The van der Waals surface area contributed by atoms with Crippen LogP contribution in [0.4, 0.5) is 5.69 Å². The van der Waals surface area contributed by atoms with Crippen LogP contribution in [-0.4, -0.2) is 22.5 Å². The lowest BCUT2D eigenvalue weighted by Crippen LogP contribution is -1.99. The van der Waals surface area contributed by atoms with E-state index >= 15 is 0 Å². The van der Waals surface area contributed by atoms with Crippen molar-refractivity contribution in [2.24, 2.45) is 0 Å². The predicted octanol–water partition coefficient (Wildman–Crippen LogP) is 1.57. The topological polar surface area (TPSA) is 82.3 Å². The van der Waals surface area contributed by atoms with Gasteiger partial charge >= 0.3 is 5.97 Å². The van der Waals surface area contributed by atoms with Gasteiger partial charge in [-0.15, -0.1) is 0 Å². The van der Waals surface area contributed by atoms with Crippen LogP contribution in [0.2, 0.25) is 0 Å². The van der Waals surface area contributed by atoms with Crippen LogP contribution in [0.5, 0.6) is 0 Å². The van der Waals surface area contributed by atoms with E-state index in [-0.39, 0.29) is 12.3 Å². The molecule has 0 atom stereocenters. The maximum Gasteiger partial charge on any atom is 0.330 e. The number of nitrogens with zero attached hydrogens (tertiary/aromatic N) is 2. The summed E-state index contributed by atoms with van der Waals surface area (Å²) in [7, 11) is 0. The van der Waals surface area contributed by atoms with Crippen molar-refractivity contribution in [1.82, 2.24) is 4.98 Å². The summed E-state index contributed by atoms with van der Waals surface area (Å²) in [6.45, 7) is 1.95. The Bertz CT molecular complexity index is 429. The molecule has 0 aliphatic rings. The molecule has 84 valence electrons. The van der Waals surface area contributed by atoms with Crippen LogP contribution in [-0.2, 0) is 9.53 Å². The van der Waals surface area contributed by atoms with Crippen LogP contribution >= 0.6 is 0 Å². The minimum Gasteiger partial charge on any atom is -0.463 e. The van der Waals surface area contributed by atoms with Gasteiger partial charge in [-0.1, -0.05) is 0 Å². The molecule has 0 spiro atoms. The van der Waals surface area contributed by atoms with E-state index in [9.17, 15) is 14.9 Å². The molecular formula is C10H10N2O4. The highest BCUT2D eigenvalue weighted by molar-refractivity contribution is 5.87. The standard InChI is InChI=1S/C10H10N2O4/c1-2-16-10(13)4-3-8-5-6-11-7-9(8)12(14)15/h3-7H,2H2,1H3/b4-3+. The fraction of sp³-hybridized carbons (Fsp3) is 0.200. The van der Waals surface area contributed by atoms with E-state index in [0.29, 0.717) is 5.56 Å². The second kappa shape index (κ2) is 5.59. The predicted molar refractivity (Wildman–Crippen MR) is 56.6 cm³/mol. The van der Waals surface area contributed by atoms with Gasteiger partial charge in [0.15, 0.2) is 0 Å². The zero-order valence-corrected chi connectivity index (χ0v) is 8.62. The maximum atomic E-state index is 11.0. The zero-order valence-electron chi connectivity index (χ0n) is 8.62. The van der Waals surface area contributed by atoms with Crippen LogP contribution in [0.15, 0.2) is 24.5 Å². The molecule has 6 heteroatoms. The maximum absolute atomic E-state index is 11.0. The van der Waals surface area contributed by atoms with Crippen LogP contribution < -0.4 is 0 Å². The smallest absolute Gasteiger partial charge is 0.330 e. The van der Waals surface area contributed by atoms with Crippen molar-refractivity contribution in [3.63, 3.8) is 0 Å². The summed E-state index contributed by atoms with van der Waals surface area (Å²) in [6, 6.07) is 1.45. The minimum absolute atomic E-state index is 0.150. The quantitative estimate of drug-likeness (QED) is 0.334. The fourth-order valence-corrected chi connectivity index (χ4v) is 1.04. The average Bonchev–Trinajstić information content (AvgIpc) is 2.27. The number of esters is 1. The third-order valence-corrected chi connectivity index (χ3v) is 1.72. The summed E-state index contributed by atoms with van der Waals surface area (Å²) in [6.07, 6.45) is 5.02. The molecule has 0 N–H and O–H groups in total. The Morgan fingerprint density at radius 1 is 1.69 bits per heavy atom. The minimum atomic E-state index is -0.558. The van der Waals surface area contributed by atoms with E-state index in [4.69, 9.17) is 0 Å².